The molecule has 1 aromatic carbocycles. The minimum atomic E-state index is -3.17. The number of furan rings is 1. The Balaban J connectivity index is 1.92. The second kappa shape index (κ2) is 6.39. The van der Waals surface area contributed by atoms with E-state index in [-0.39, 0.29) is 23.6 Å². The summed E-state index contributed by atoms with van der Waals surface area (Å²) in [4.78, 5) is 14.2. The standard InChI is InChI=1S/C17H18FNO4S/c1-12-6-7-14(23-12)10-19(13-8-9-24(21,22)11-13)17(20)15-4-2-3-5-16(15)18/h2-7,13H,8-11H2,1H3. The lowest BCUT2D eigenvalue weighted by Gasteiger charge is -2.27. The lowest BCUT2D eigenvalue weighted by Crippen LogP contribution is -2.40. The Morgan fingerprint density at radius 2 is 2.04 bits per heavy atom. The van der Waals surface area contributed by atoms with E-state index < -0.39 is 27.6 Å². The van der Waals surface area contributed by atoms with E-state index in [1.54, 1.807) is 25.1 Å². The van der Waals surface area contributed by atoms with Crippen molar-refractivity contribution in [2.24, 2.45) is 0 Å². The number of carbonyl (C=O) groups is 1. The molecule has 128 valence electrons. The summed E-state index contributed by atoms with van der Waals surface area (Å²) in [6, 6.07) is 8.73. The number of nitrogens with zero attached hydrogens (tertiary/aromatic N) is 1. The molecule has 0 aliphatic carbocycles. The number of rotatable bonds is 4. The van der Waals surface area contributed by atoms with Gasteiger partial charge in [-0.3, -0.25) is 4.79 Å². The van der Waals surface area contributed by atoms with Crippen molar-refractivity contribution < 1.29 is 22.0 Å². The van der Waals surface area contributed by atoms with E-state index in [1.807, 2.05) is 0 Å². The van der Waals surface area contributed by atoms with Crippen molar-refractivity contribution in [3.8, 4) is 0 Å². The molecule has 1 aliphatic heterocycles. The van der Waals surface area contributed by atoms with Crippen LogP contribution in [-0.4, -0.2) is 36.8 Å². The maximum atomic E-state index is 14.0. The number of amides is 1. The van der Waals surface area contributed by atoms with Gasteiger partial charge in [0.05, 0.1) is 23.6 Å². The SMILES string of the molecule is Cc1ccc(CN(C(=O)c2ccccc2F)C2CCS(=O)(=O)C2)o1. The van der Waals surface area contributed by atoms with Crippen LogP contribution in [0.1, 0.15) is 28.3 Å². The van der Waals surface area contributed by atoms with Gasteiger partial charge in [-0.25, -0.2) is 12.8 Å². The van der Waals surface area contributed by atoms with Crippen LogP contribution in [0.25, 0.3) is 0 Å². The first-order valence-electron chi connectivity index (χ1n) is 7.67. The molecule has 0 bridgehead atoms. The molecule has 3 rings (SSSR count). The maximum absolute atomic E-state index is 14.0. The highest BCUT2D eigenvalue weighted by Gasteiger charge is 2.36. The van der Waals surface area contributed by atoms with Gasteiger partial charge in [0.2, 0.25) is 0 Å². The molecule has 5 nitrogen and oxygen atoms in total. The molecular formula is C17H18FNO4S. The number of carbonyl (C=O) groups excluding carboxylic acids is 1. The van der Waals surface area contributed by atoms with E-state index in [4.69, 9.17) is 4.42 Å². The second-order valence-corrected chi connectivity index (χ2v) is 8.21. The van der Waals surface area contributed by atoms with Gasteiger partial charge in [0, 0.05) is 6.04 Å². The number of hydrogen-bond acceptors (Lipinski definition) is 4. The van der Waals surface area contributed by atoms with Crippen LogP contribution in [0.5, 0.6) is 0 Å². The first kappa shape index (κ1) is 16.7. The van der Waals surface area contributed by atoms with Crippen molar-refractivity contribution in [1.82, 2.24) is 4.90 Å². The molecule has 24 heavy (non-hydrogen) atoms. The zero-order valence-electron chi connectivity index (χ0n) is 13.2. The van der Waals surface area contributed by atoms with Gasteiger partial charge in [0.15, 0.2) is 9.84 Å². The zero-order valence-corrected chi connectivity index (χ0v) is 14.1. The summed E-state index contributed by atoms with van der Waals surface area (Å²) in [6.45, 7) is 1.90. The van der Waals surface area contributed by atoms with Crippen LogP contribution >= 0.6 is 0 Å². The van der Waals surface area contributed by atoms with Crippen molar-refractivity contribution in [2.75, 3.05) is 11.5 Å². The van der Waals surface area contributed by atoms with Crippen LogP contribution < -0.4 is 0 Å². The first-order chi connectivity index (χ1) is 11.4. The van der Waals surface area contributed by atoms with E-state index in [9.17, 15) is 17.6 Å². The summed E-state index contributed by atoms with van der Waals surface area (Å²) in [5, 5.41) is 0. The van der Waals surface area contributed by atoms with E-state index in [0.717, 1.165) is 0 Å². The van der Waals surface area contributed by atoms with Gasteiger partial charge in [-0.2, -0.15) is 0 Å². The van der Waals surface area contributed by atoms with Gasteiger partial charge in [-0.05, 0) is 37.6 Å². The summed E-state index contributed by atoms with van der Waals surface area (Å²) >= 11 is 0. The molecule has 0 spiro atoms. The minimum absolute atomic E-state index is 0.0376. The average molecular weight is 351 g/mol. The fraction of sp³-hybridized carbons (Fsp3) is 0.353. The Bertz CT molecular complexity index is 859. The monoisotopic (exact) mass is 351 g/mol. The molecule has 0 saturated carbocycles. The number of halogens is 1. The first-order valence-corrected chi connectivity index (χ1v) is 9.49. The van der Waals surface area contributed by atoms with Crippen LogP contribution in [-0.2, 0) is 16.4 Å². The molecule has 1 aromatic heterocycles. The Morgan fingerprint density at radius 3 is 2.62 bits per heavy atom. The Morgan fingerprint density at radius 1 is 1.29 bits per heavy atom. The van der Waals surface area contributed by atoms with E-state index >= 15 is 0 Å². The molecule has 7 heteroatoms. The molecular weight excluding hydrogens is 333 g/mol. The van der Waals surface area contributed by atoms with E-state index in [2.05, 4.69) is 0 Å². The van der Waals surface area contributed by atoms with Gasteiger partial charge in [-0.15, -0.1) is 0 Å². The van der Waals surface area contributed by atoms with Crippen molar-refractivity contribution in [3.63, 3.8) is 0 Å². The van der Waals surface area contributed by atoms with E-state index in [0.29, 0.717) is 17.9 Å². The largest absolute Gasteiger partial charge is 0.464 e. The van der Waals surface area contributed by atoms with Gasteiger partial charge in [0.25, 0.3) is 5.91 Å². The molecule has 2 aromatic rings. The smallest absolute Gasteiger partial charge is 0.257 e. The summed E-state index contributed by atoms with van der Waals surface area (Å²) < 4.78 is 43.1. The van der Waals surface area contributed by atoms with Crippen LogP contribution in [0, 0.1) is 12.7 Å². The van der Waals surface area contributed by atoms with Crippen molar-refractivity contribution in [3.05, 3.63) is 59.3 Å². The molecule has 1 atom stereocenters. The molecule has 1 aliphatic rings. The molecule has 0 N–H and O–H groups in total. The lowest BCUT2D eigenvalue weighted by atomic mass is 10.1. The predicted molar refractivity (Wildman–Crippen MR) is 86.8 cm³/mol. The maximum Gasteiger partial charge on any atom is 0.257 e. The van der Waals surface area contributed by atoms with Crippen molar-refractivity contribution in [2.45, 2.75) is 25.9 Å². The number of hydrogen-bond donors (Lipinski definition) is 0. The van der Waals surface area contributed by atoms with Gasteiger partial charge >= 0.3 is 0 Å². The fourth-order valence-electron chi connectivity index (χ4n) is 2.92. The lowest BCUT2D eigenvalue weighted by molar-refractivity contribution is 0.0660. The summed E-state index contributed by atoms with van der Waals surface area (Å²) in [7, 11) is -3.17. The van der Waals surface area contributed by atoms with Gasteiger partial charge in [0.1, 0.15) is 17.3 Å². The summed E-state index contributed by atoms with van der Waals surface area (Å²) in [5.41, 5.74) is -0.0647. The Labute approximate surface area is 140 Å². The highest BCUT2D eigenvalue weighted by Crippen LogP contribution is 2.23. The minimum Gasteiger partial charge on any atom is -0.464 e. The highest BCUT2D eigenvalue weighted by molar-refractivity contribution is 7.91. The third-order valence-corrected chi connectivity index (χ3v) is 5.89. The normalized spacial score (nSPS) is 19.3. The summed E-state index contributed by atoms with van der Waals surface area (Å²) in [5.74, 6) is 0.0278. The third-order valence-electron chi connectivity index (χ3n) is 4.14. The van der Waals surface area contributed by atoms with Crippen LogP contribution in [0.3, 0.4) is 0 Å². The molecule has 1 amide bonds. The quantitative estimate of drug-likeness (QED) is 0.849. The molecule has 0 radical (unpaired) electrons. The second-order valence-electron chi connectivity index (χ2n) is 5.98. The zero-order chi connectivity index (χ0) is 17.3. The van der Waals surface area contributed by atoms with Gasteiger partial charge in [-0.1, -0.05) is 12.1 Å². The van der Waals surface area contributed by atoms with Crippen LogP contribution in [0.15, 0.2) is 40.8 Å². The predicted octanol–water partition coefficient (Wildman–Crippen LogP) is 2.56. The Hall–Kier alpha value is -2.15. The fourth-order valence-corrected chi connectivity index (χ4v) is 4.65. The molecule has 1 saturated heterocycles. The third kappa shape index (κ3) is 3.51. The summed E-state index contributed by atoms with van der Waals surface area (Å²) in [6.07, 6.45) is 0.349. The highest BCUT2D eigenvalue weighted by atomic mass is 32.2. The number of aryl methyl sites for hydroxylation is 1. The van der Waals surface area contributed by atoms with Gasteiger partial charge < -0.3 is 9.32 Å². The van der Waals surface area contributed by atoms with Crippen LogP contribution in [0.4, 0.5) is 4.39 Å². The molecule has 2 heterocycles. The Kier molecular flexibility index (Phi) is 4.45. The molecule has 1 fully saturated rings. The number of benzene rings is 1. The van der Waals surface area contributed by atoms with E-state index in [1.165, 1.54) is 23.1 Å². The average Bonchev–Trinajstić information content (AvgIpc) is 3.10. The topological polar surface area (TPSA) is 67.6 Å². The van der Waals surface area contributed by atoms with Crippen LogP contribution in [0.2, 0.25) is 0 Å². The number of sulfone groups is 1. The van der Waals surface area contributed by atoms with Crippen molar-refractivity contribution in [1.29, 1.82) is 0 Å². The van der Waals surface area contributed by atoms with Crippen molar-refractivity contribution >= 4 is 15.7 Å². The molecule has 1 unspecified atom stereocenters.